The molecule has 1 amide bonds. The van der Waals surface area contributed by atoms with Crippen LogP contribution in [0, 0.1) is 6.92 Å². The molecule has 0 aliphatic heterocycles. The third kappa shape index (κ3) is 3.38. The summed E-state index contributed by atoms with van der Waals surface area (Å²) in [6.07, 6.45) is 1.75. The molecule has 98 valence electrons. The normalized spacial score (nSPS) is 10.2. The third-order valence-electron chi connectivity index (χ3n) is 2.44. The Morgan fingerprint density at radius 3 is 2.74 bits per heavy atom. The van der Waals surface area contributed by atoms with Gasteiger partial charge < -0.3 is 10.4 Å². The van der Waals surface area contributed by atoms with Gasteiger partial charge in [-0.15, -0.1) is 11.3 Å². The molecule has 0 aliphatic carbocycles. The van der Waals surface area contributed by atoms with E-state index >= 15 is 0 Å². The number of nitrogens with zero attached hydrogens (tertiary/aromatic N) is 1. The van der Waals surface area contributed by atoms with Crippen LogP contribution in [0.4, 0.5) is 0 Å². The number of aromatic carboxylic acids is 1. The van der Waals surface area contributed by atoms with Gasteiger partial charge in [-0.25, -0.2) is 9.78 Å². The number of aromatic nitrogens is 1. The number of nitrogens with one attached hydrogen (secondary N) is 1. The van der Waals surface area contributed by atoms with Crippen molar-refractivity contribution in [2.45, 2.75) is 13.5 Å². The second-order valence-electron chi connectivity index (χ2n) is 3.93. The second kappa shape index (κ2) is 5.62. The molecule has 2 N–H and O–H groups in total. The summed E-state index contributed by atoms with van der Waals surface area (Å²) in [6, 6.07) is 5.93. The summed E-state index contributed by atoms with van der Waals surface area (Å²) in [5, 5.41) is 12.4. The predicted octanol–water partition coefficient (Wildman–Crippen LogP) is 2.08. The van der Waals surface area contributed by atoms with Crippen molar-refractivity contribution in [3.63, 3.8) is 0 Å². The number of hydrogen-bond acceptors (Lipinski definition) is 4. The molecule has 19 heavy (non-hydrogen) atoms. The minimum absolute atomic E-state index is 0.0951. The number of thiazole rings is 1. The largest absolute Gasteiger partial charge is 0.478 e. The lowest BCUT2D eigenvalue weighted by molar-refractivity contribution is 0.0697. The van der Waals surface area contributed by atoms with E-state index in [-0.39, 0.29) is 11.5 Å². The molecule has 1 aromatic carbocycles. The monoisotopic (exact) mass is 276 g/mol. The molecule has 0 atom stereocenters. The Morgan fingerprint density at radius 2 is 2.11 bits per heavy atom. The van der Waals surface area contributed by atoms with Crippen molar-refractivity contribution in [2.75, 3.05) is 0 Å². The van der Waals surface area contributed by atoms with Crippen LogP contribution >= 0.6 is 11.3 Å². The minimum Gasteiger partial charge on any atom is -0.478 e. The highest BCUT2D eigenvalue weighted by Gasteiger charge is 2.09. The number of aryl methyl sites for hydroxylation is 1. The number of carboxylic acid groups (broad SMARTS) is 1. The van der Waals surface area contributed by atoms with E-state index in [0.29, 0.717) is 12.1 Å². The van der Waals surface area contributed by atoms with Gasteiger partial charge in [0.15, 0.2) is 0 Å². The van der Waals surface area contributed by atoms with Crippen LogP contribution in [-0.2, 0) is 6.54 Å². The Morgan fingerprint density at radius 1 is 1.37 bits per heavy atom. The fraction of sp³-hybridized carbons (Fsp3) is 0.154. The molecule has 0 bridgehead atoms. The van der Waals surface area contributed by atoms with Crippen LogP contribution in [0.25, 0.3) is 0 Å². The SMILES string of the molecule is Cc1cnc(CNC(=O)c2cccc(C(=O)O)c2)s1. The van der Waals surface area contributed by atoms with Crippen LogP contribution in [-0.4, -0.2) is 22.0 Å². The molecular weight excluding hydrogens is 264 g/mol. The predicted molar refractivity (Wildman–Crippen MR) is 71.4 cm³/mol. The van der Waals surface area contributed by atoms with Gasteiger partial charge in [0.25, 0.3) is 5.91 Å². The number of carbonyl (C=O) groups is 2. The molecule has 1 heterocycles. The molecule has 6 heteroatoms. The lowest BCUT2D eigenvalue weighted by atomic mass is 10.1. The van der Waals surface area contributed by atoms with Gasteiger partial charge >= 0.3 is 5.97 Å². The van der Waals surface area contributed by atoms with Crippen LogP contribution in [0.3, 0.4) is 0 Å². The van der Waals surface area contributed by atoms with Gasteiger partial charge in [-0.3, -0.25) is 4.79 Å². The molecule has 2 rings (SSSR count). The molecule has 2 aromatic rings. The number of amides is 1. The van der Waals surface area contributed by atoms with Crippen molar-refractivity contribution < 1.29 is 14.7 Å². The highest BCUT2D eigenvalue weighted by Crippen LogP contribution is 2.11. The van der Waals surface area contributed by atoms with Crippen LogP contribution in [0.5, 0.6) is 0 Å². The van der Waals surface area contributed by atoms with Gasteiger partial charge in [-0.2, -0.15) is 0 Å². The lowest BCUT2D eigenvalue weighted by Crippen LogP contribution is -2.22. The first-order valence-electron chi connectivity index (χ1n) is 5.59. The Kier molecular flexibility index (Phi) is 3.91. The quantitative estimate of drug-likeness (QED) is 0.896. The minimum atomic E-state index is -1.05. The van der Waals surface area contributed by atoms with Crippen LogP contribution in [0.2, 0.25) is 0 Å². The van der Waals surface area contributed by atoms with Gasteiger partial charge in [0.2, 0.25) is 0 Å². The summed E-state index contributed by atoms with van der Waals surface area (Å²) >= 11 is 1.51. The first-order chi connectivity index (χ1) is 9.06. The molecule has 1 aromatic heterocycles. The van der Waals surface area contributed by atoms with Crippen molar-refractivity contribution in [1.82, 2.24) is 10.3 Å². The van der Waals surface area contributed by atoms with E-state index in [9.17, 15) is 9.59 Å². The summed E-state index contributed by atoms with van der Waals surface area (Å²) in [7, 11) is 0. The zero-order valence-electron chi connectivity index (χ0n) is 10.2. The maximum atomic E-state index is 11.9. The first-order valence-corrected chi connectivity index (χ1v) is 6.41. The maximum Gasteiger partial charge on any atom is 0.335 e. The smallest absolute Gasteiger partial charge is 0.335 e. The Hall–Kier alpha value is -2.21. The van der Waals surface area contributed by atoms with E-state index in [1.807, 2.05) is 6.92 Å². The Labute approximate surface area is 113 Å². The summed E-state index contributed by atoms with van der Waals surface area (Å²) < 4.78 is 0. The van der Waals surface area contributed by atoms with Gasteiger partial charge in [0.1, 0.15) is 5.01 Å². The standard InChI is InChI=1S/C13H12N2O3S/c1-8-6-14-11(19-8)7-15-12(16)9-3-2-4-10(5-9)13(17)18/h2-6H,7H2,1H3,(H,15,16)(H,17,18). The summed E-state index contributed by atoms with van der Waals surface area (Å²) in [5.41, 5.74) is 0.422. The maximum absolute atomic E-state index is 11.9. The van der Waals surface area contributed by atoms with Crippen molar-refractivity contribution in [3.05, 3.63) is 51.5 Å². The number of benzene rings is 1. The zero-order valence-corrected chi connectivity index (χ0v) is 11.0. The molecule has 0 fully saturated rings. The average molecular weight is 276 g/mol. The summed E-state index contributed by atoms with van der Waals surface area (Å²) in [4.78, 5) is 27.9. The summed E-state index contributed by atoms with van der Waals surface area (Å²) in [6.45, 7) is 2.29. The molecule has 0 saturated carbocycles. The molecular formula is C13H12N2O3S. The Balaban J connectivity index is 2.03. The summed E-state index contributed by atoms with van der Waals surface area (Å²) in [5.74, 6) is -1.36. The number of rotatable bonds is 4. The van der Waals surface area contributed by atoms with E-state index < -0.39 is 5.97 Å². The molecule has 5 nitrogen and oxygen atoms in total. The Bertz CT molecular complexity index is 622. The molecule has 0 unspecified atom stereocenters. The van der Waals surface area contributed by atoms with Crippen molar-refractivity contribution >= 4 is 23.2 Å². The van der Waals surface area contributed by atoms with E-state index in [1.54, 1.807) is 18.3 Å². The molecule has 0 aliphatic rings. The van der Waals surface area contributed by atoms with Gasteiger partial charge in [0, 0.05) is 16.6 Å². The van der Waals surface area contributed by atoms with E-state index in [4.69, 9.17) is 5.11 Å². The third-order valence-corrected chi connectivity index (χ3v) is 3.35. The highest BCUT2D eigenvalue weighted by molar-refractivity contribution is 7.11. The average Bonchev–Trinajstić information content (AvgIpc) is 2.82. The fourth-order valence-corrected chi connectivity index (χ4v) is 2.26. The topological polar surface area (TPSA) is 79.3 Å². The van der Waals surface area contributed by atoms with Crippen molar-refractivity contribution in [1.29, 1.82) is 0 Å². The van der Waals surface area contributed by atoms with Crippen LogP contribution in [0.15, 0.2) is 30.5 Å². The lowest BCUT2D eigenvalue weighted by Gasteiger charge is -2.04. The van der Waals surface area contributed by atoms with Crippen LogP contribution < -0.4 is 5.32 Å². The number of carbonyl (C=O) groups excluding carboxylic acids is 1. The molecule has 0 saturated heterocycles. The van der Waals surface area contributed by atoms with E-state index in [2.05, 4.69) is 10.3 Å². The second-order valence-corrected chi connectivity index (χ2v) is 5.25. The molecule has 0 radical (unpaired) electrons. The van der Waals surface area contributed by atoms with Crippen LogP contribution in [0.1, 0.15) is 30.6 Å². The van der Waals surface area contributed by atoms with Crippen molar-refractivity contribution in [2.24, 2.45) is 0 Å². The van der Waals surface area contributed by atoms with E-state index in [0.717, 1.165) is 9.88 Å². The number of hydrogen-bond donors (Lipinski definition) is 2. The van der Waals surface area contributed by atoms with Crippen molar-refractivity contribution in [3.8, 4) is 0 Å². The molecule has 0 spiro atoms. The van der Waals surface area contributed by atoms with Gasteiger partial charge in [0.05, 0.1) is 12.1 Å². The van der Waals surface area contributed by atoms with Gasteiger partial charge in [-0.05, 0) is 25.1 Å². The zero-order chi connectivity index (χ0) is 13.8. The van der Waals surface area contributed by atoms with E-state index in [1.165, 1.54) is 23.5 Å². The fourth-order valence-electron chi connectivity index (χ4n) is 1.53. The van der Waals surface area contributed by atoms with Gasteiger partial charge in [-0.1, -0.05) is 6.07 Å². The first kappa shape index (κ1) is 13.2. The number of carboxylic acids is 1. The highest BCUT2D eigenvalue weighted by atomic mass is 32.1.